The molecule has 2 unspecified atom stereocenters. The fourth-order valence-corrected chi connectivity index (χ4v) is 3.66. The number of aliphatic carboxylic acids is 1. The predicted molar refractivity (Wildman–Crippen MR) is 73.7 cm³/mol. The molecule has 1 heterocycles. The van der Waals surface area contributed by atoms with Gasteiger partial charge >= 0.3 is 5.97 Å². The highest BCUT2D eigenvalue weighted by molar-refractivity contribution is 7.89. The standard InChI is InChI=1S/C13H17NO6S/c1-14(12-8-20-7-11(12)13(15)16)21(17,18)10-5-3-4-9(6-10)19-2/h3-6,11-12H,7-8H2,1-2H3,(H,15,16). The van der Waals surface area contributed by atoms with E-state index in [0.29, 0.717) is 5.75 Å². The van der Waals surface area contributed by atoms with Crippen LogP contribution in [-0.2, 0) is 19.6 Å². The summed E-state index contributed by atoms with van der Waals surface area (Å²) in [4.78, 5) is 11.2. The molecule has 0 spiro atoms. The van der Waals surface area contributed by atoms with E-state index in [2.05, 4.69) is 0 Å². The summed E-state index contributed by atoms with van der Waals surface area (Å²) in [5.41, 5.74) is 0. The monoisotopic (exact) mass is 315 g/mol. The van der Waals surface area contributed by atoms with Crippen LogP contribution in [0, 0.1) is 5.92 Å². The zero-order valence-electron chi connectivity index (χ0n) is 11.7. The number of rotatable bonds is 5. The first-order valence-electron chi connectivity index (χ1n) is 6.30. The first-order valence-corrected chi connectivity index (χ1v) is 7.74. The van der Waals surface area contributed by atoms with Gasteiger partial charge in [-0.3, -0.25) is 4.79 Å². The van der Waals surface area contributed by atoms with Gasteiger partial charge in [0.15, 0.2) is 0 Å². The van der Waals surface area contributed by atoms with E-state index < -0.39 is 28.0 Å². The van der Waals surface area contributed by atoms with Crippen molar-refractivity contribution in [2.75, 3.05) is 27.4 Å². The first-order chi connectivity index (χ1) is 9.87. The summed E-state index contributed by atoms with van der Waals surface area (Å²) in [5.74, 6) is -1.51. The number of carboxylic acid groups (broad SMARTS) is 1. The van der Waals surface area contributed by atoms with Crippen molar-refractivity contribution in [3.8, 4) is 5.75 Å². The highest BCUT2D eigenvalue weighted by Gasteiger charge is 2.41. The lowest BCUT2D eigenvalue weighted by Gasteiger charge is -2.25. The van der Waals surface area contributed by atoms with Gasteiger partial charge < -0.3 is 14.6 Å². The largest absolute Gasteiger partial charge is 0.497 e. The predicted octanol–water partition coefficient (Wildman–Crippen LogP) is 0.415. The minimum absolute atomic E-state index is 0.0119. The van der Waals surface area contributed by atoms with Gasteiger partial charge in [-0.05, 0) is 12.1 Å². The lowest BCUT2D eigenvalue weighted by Crippen LogP contribution is -2.44. The Morgan fingerprint density at radius 2 is 2.14 bits per heavy atom. The number of ether oxygens (including phenoxy) is 2. The van der Waals surface area contributed by atoms with Gasteiger partial charge in [0.1, 0.15) is 5.75 Å². The van der Waals surface area contributed by atoms with Crippen LogP contribution < -0.4 is 4.74 Å². The minimum Gasteiger partial charge on any atom is -0.497 e. The van der Waals surface area contributed by atoms with Gasteiger partial charge in [0.25, 0.3) is 0 Å². The van der Waals surface area contributed by atoms with Gasteiger partial charge in [-0.2, -0.15) is 4.31 Å². The third-order valence-electron chi connectivity index (χ3n) is 3.55. The van der Waals surface area contributed by atoms with Crippen LogP contribution in [0.25, 0.3) is 0 Å². The van der Waals surface area contributed by atoms with E-state index in [1.807, 2.05) is 0 Å². The molecule has 7 nitrogen and oxygen atoms in total. The normalized spacial score (nSPS) is 22.4. The van der Waals surface area contributed by atoms with Crippen molar-refractivity contribution in [1.82, 2.24) is 4.31 Å². The first kappa shape index (κ1) is 15.7. The SMILES string of the molecule is COc1cccc(S(=O)(=O)N(C)C2COCC2C(=O)O)c1. The number of sulfonamides is 1. The van der Waals surface area contributed by atoms with Crippen molar-refractivity contribution in [2.24, 2.45) is 5.92 Å². The van der Waals surface area contributed by atoms with Gasteiger partial charge in [0.2, 0.25) is 10.0 Å². The number of carbonyl (C=O) groups is 1. The lowest BCUT2D eigenvalue weighted by molar-refractivity contribution is -0.142. The maximum absolute atomic E-state index is 12.6. The molecule has 1 N–H and O–H groups in total. The molecule has 116 valence electrons. The van der Waals surface area contributed by atoms with Gasteiger partial charge in [0, 0.05) is 13.1 Å². The fraction of sp³-hybridized carbons (Fsp3) is 0.462. The highest BCUT2D eigenvalue weighted by atomic mass is 32.2. The van der Waals surface area contributed by atoms with Gasteiger partial charge in [-0.15, -0.1) is 0 Å². The molecule has 1 fully saturated rings. The zero-order valence-corrected chi connectivity index (χ0v) is 12.5. The maximum Gasteiger partial charge on any atom is 0.310 e. The second-order valence-electron chi connectivity index (χ2n) is 4.75. The molecule has 1 aliphatic heterocycles. The zero-order chi connectivity index (χ0) is 15.6. The molecule has 0 aliphatic carbocycles. The molecule has 0 radical (unpaired) electrons. The number of carboxylic acids is 1. The number of likely N-dealkylation sites (N-methyl/N-ethyl adjacent to an activating group) is 1. The molecule has 1 aliphatic rings. The van der Waals surface area contributed by atoms with Crippen LogP contribution in [0.15, 0.2) is 29.2 Å². The molecule has 1 aromatic carbocycles. The van der Waals surface area contributed by atoms with Crippen LogP contribution in [-0.4, -0.2) is 57.2 Å². The van der Waals surface area contributed by atoms with Crippen molar-refractivity contribution in [2.45, 2.75) is 10.9 Å². The molecule has 0 bridgehead atoms. The van der Waals surface area contributed by atoms with Crippen LogP contribution >= 0.6 is 0 Å². The Morgan fingerprint density at radius 1 is 1.43 bits per heavy atom. The van der Waals surface area contributed by atoms with E-state index >= 15 is 0 Å². The van der Waals surface area contributed by atoms with Crippen LogP contribution in [0.2, 0.25) is 0 Å². The molecule has 0 saturated carbocycles. The molecule has 2 rings (SSSR count). The summed E-state index contributed by atoms with van der Waals surface area (Å²) < 4.78 is 36.3. The molecule has 2 atom stereocenters. The number of hydrogen-bond acceptors (Lipinski definition) is 5. The summed E-state index contributed by atoms with van der Waals surface area (Å²) in [6.07, 6.45) is 0. The van der Waals surface area contributed by atoms with Crippen molar-refractivity contribution < 1.29 is 27.8 Å². The van der Waals surface area contributed by atoms with Crippen LogP contribution in [0.1, 0.15) is 0 Å². The topological polar surface area (TPSA) is 93.1 Å². The van der Waals surface area contributed by atoms with Crippen molar-refractivity contribution in [3.05, 3.63) is 24.3 Å². The Labute approximate surface area is 123 Å². The average molecular weight is 315 g/mol. The molecule has 8 heteroatoms. The minimum atomic E-state index is -3.81. The third kappa shape index (κ3) is 3.02. The van der Waals surface area contributed by atoms with Crippen LogP contribution in [0.3, 0.4) is 0 Å². The van der Waals surface area contributed by atoms with E-state index in [1.165, 1.54) is 26.3 Å². The van der Waals surface area contributed by atoms with Crippen molar-refractivity contribution >= 4 is 16.0 Å². The molecular weight excluding hydrogens is 298 g/mol. The number of nitrogens with zero attached hydrogens (tertiary/aromatic N) is 1. The van der Waals surface area contributed by atoms with Gasteiger partial charge in [-0.1, -0.05) is 6.07 Å². The lowest BCUT2D eigenvalue weighted by atomic mass is 10.1. The van der Waals surface area contributed by atoms with E-state index in [-0.39, 0.29) is 18.1 Å². The number of hydrogen-bond donors (Lipinski definition) is 1. The second-order valence-corrected chi connectivity index (χ2v) is 6.75. The fourth-order valence-electron chi connectivity index (χ4n) is 2.24. The Balaban J connectivity index is 2.32. The molecule has 21 heavy (non-hydrogen) atoms. The molecular formula is C13H17NO6S. The highest BCUT2D eigenvalue weighted by Crippen LogP contribution is 2.26. The Bertz CT molecular complexity index is 629. The number of benzene rings is 1. The van der Waals surface area contributed by atoms with E-state index in [0.717, 1.165) is 4.31 Å². The van der Waals surface area contributed by atoms with Crippen molar-refractivity contribution in [1.29, 1.82) is 0 Å². The third-order valence-corrected chi connectivity index (χ3v) is 5.43. The molecule has 0 aromatic heterocycles. The smallest absolute Gasteiger partial charge is 0.310 e. The van der Waals surface area contributed by atoms with Crippen LogP contribution in [0.5, 0.6) is 5.75 Å². The Morgan fingerprint density at radius 3 is 2.76 bits per heavy atom. The van der Waals surface area contributed by atoms with E-state index in [1.54, 1.807) is 12.1 Å². The van der Waals surface area contributed by atoms with Gasteiger partial charge in [0.05, 0.1) is 37.2 Å². The molecule has 1 aromatic rings. The summed E-state index contributed by atoms with van der Waals surface area (Å²) in [6.45, 7) is 0.0780. The van der Waals surface area contributed by atoms with E-state index in [4.69, 9.17) is 14.6 Å². The van der Waals surface area contributed by atoms with E-state index in [9.17, 15) is 13.2 Å². The Hall–Kier alpha value is -1.64. The van der Waals surface area contributed by atoms with Crippen LogP contribution in [0.4, 0.5) is 0 Å². The summed E-state index contributed by atoms with van der Waals surface area (Å²) in [5, 5.41) is 9.13. The van der Waals surface area contributed by atoms with Gasteiger partial charge in [-0.25, -0.2) is 8.42 Å². The molecule has 0 amide bonds. The Kier molecular flexibility index (Phi) is 4.50. The second kappa shape index (κ2) is 6.00. The quantitative estimate of drug-likeness (QED) is 0.846. The summed E-state index contributed by atoms with van der Waals surface area (Å²) >= 11 is 0. The molecule has 1 saturated heterocycles. The summed E-state index contributed by atoms with van der Waals surface area (Å²) in [7, 11) is -1.00. The van der Waals surface area contributed by atoms with Crippen molar-refractivity contribution in [3.63, 3.8) is 0 Å². The number of methoxy groups -OCH3 is 1. The average Bonchev–Trinajstić information content (AvgIpc) is 2.96. The summed E-state index contributed by atoms with van der Waals surface area (Å²) in [6, 6.07) is 5.33. The maximum atomic E-state index is 12.6.